The van der Waals surface area contributed by atoms with E-state index in [2.05, 4.69) is 6.92 Å². The van der Waals surface area contributed by atoms with Crippen molar-refractivity contribution < 1.29 is 32.6 Å². The molecule has 2 atom stereocenters. The molecule has 0 radical (unpaired) electrons. The van der Waals surface area contributed by atoms with Crippen LogP contribution in [0.1, 0.15) is 82.5 Å². The summed E-state index contributed by atoms with van der Waals surface area (Å²) in [6, 6.07) is 5.85. The van der Waals surface area contributed by atoms with Gasteiger partial charge < -0.3 is 14.2 Å². The maximum Gasteiger partial charge on any atom is 0.411 e. The highest BCUT2D eigenvalue weighted by Crippen LogP contribution is 2.46. The van der Waals surface area contributed by atoms with Crippen LogP contribution in [0.4, 0.5) is 13.6 Å². The third kappa shape index (κ3) is 7.58. The molecule has 6 nitrogen and oxygen atoms in total. The number of carbonyl (C=O) groups is 2. The average Bonchev–Trinajstić information content (AvgIpc) is 2.86. The number of ether oxygens (including phenoxy) is 3. The van der Waals surface area contributed by atoms with Crippen molar-refractivity contribution in [2.75, 3.05) is 14.2 Å². The summed E-state index contributed by atoms with van der Waals surface area (Å²) < 4.78 is 44.7. The molecular weight excluding hydrogens is 504 g/mol. The number of carbonyl (C=O) groups excluding carboxylic acids is 2. The number of benzene rings is 2. The molecule has 0 unspecified atom stereocenters. The van der Waals surface area contributed by atoms with Gasteiger partial charge in [0.25, 0.3) is 0 Å². The van der Waals surface area contributed by atoms with Gasteiger partial charge in [-0.2, -0.15) is 0 Å². The second kappa shape index (κ2) is 13.1. The molecule has 0 spiro atoms. The lowest BCUT2D eigenvalue weighted by atomic mass is 9.83. The quantitative estimate of drug-likeness (QED) is 0.230. The van der Waals surface area contributed by atoms with E-state index in [1.54, 1.807) is 46.0 Å². The summed E-state index contributed by atoms with van der Waals surface area (Å²) in [6.45, 7) is 7.53. The Morgan fingerprint density at radius 3 is 2.36 bits per heavy atom. The Hall–Kier alpha value is -3.42. The second-order valence-electron chi connectivity index (χ2n) is 10.8. The number of methoxy groups -OCH3 is 2. The van der Waals surface area contributed by atoms with E-state index in [1.807, 2.05) is 6.07 Å². The van der Waals surface area contributed by atoms with Crippen molar-refractivity contribution in [1.82, 2.24) is 4.90 Å². The first-order valence-electron chi connectivity index (χ1n) is 13.4. The molecule has 8 heteroatoms. The van der Waals surface area contributed by atoms with Gasteiger partial charge in [0, 0.05) is 35.2 Å². The molecular formula is C31H39F2NO5. The van der Waals surface area contributed by atoms with Crippen LogP contribution in [0.25, 0.3) is 6.08 Å². The SMILES string of the molecule is CCCCC[C@H]1Cc2c(OC)ccc(OC)c2[C@@H](CC(=O)C=Cc2ccc(F)cc2F)N1C(=O)OC(C)(C)C. The molecule has 0 saturated carbocycles. The van der Waals surface area contributed by atoms with Crippen molar-refractivity contribution in [1.29, 1.82) is 0 Å². The highest BCUT2D eigenvalue weighted by atomic mass is 19.1. The molecule has 2 aromatic carbocycles. The number of halogens is 2. The van der Waals surface area contributed by atoms with Crippen LogP contribution in [0.5, 0.6) is 11.5 Å². The van der Waals surface area contributed by atoms with Gasteiger partial charge in [0.1, 0.15) is 28.7 Å². The Balaban J connectivity index is 2.08. The fraction of sp³-hybridized carbons (Fsp3) is 0.484. The van der Waals surface area contributed by atoms with E-state index in [0.717, 1.165) is 43.4 Å². The number of fused-ring (bicyclic) bond motifs is 1. The van der Waals surface area contributed by atoms with Gasteiger partial charge >= 0.3 is 6.09 Å². The van der Waals surface area contributed by atoms with E-state index >= 15 is 0 Å². The number of allylic oxidation sites excluding steroid dienone is 1. The molecule has 212 valence electrons. The molecule has 0 aliphatic carbocycles. The first-order chi connectivity index (χ1) is 18.5. The van der Waals surface area contributed by atoms with Crippen LogP contribution < -0.4 is 9.47 Å². The van der Waals surface area contributed by atoms with Gasteiger partial charge in [-0.05, 0) is 70.0 Å². The summed E-state index contributed by atoms with van der Waals surface area (Å²) >= 11 is 0. The lowest BCUT2D eigenvalue weighted by molar-refractivity contribution is -0.116. The van der Waals surface area contributed by atoms with E-state index < -0.39 is 29.4 Å². The first kappa shape index (κ1) is 30.1. The van der Waals surface area contributed by atoms with Crippen LogP contribution in [-0.2, 0) is 16.0 Å². The summed E-state index contributed by atoms with van der Waals surface area (Å²) in [5.74, 6) is -0.589. The highest BCUT2D eigenvalue weighted by molar-refractivity contribution is 5.94. The lowest BCUT2D eigenvalue weighted by Crippen LogP contribution is -2.50. The molecule has 0 saturated heterocycles. The van der Waals surface area contributed by atoms with Crippen molar-refractivity contribution in [3.63, 3.8) is 0 Å². The van der Waals surface area contributed by atoms with E-state index in [4.69, 9.17) is 14.2 Å². The monoisotopic (exact) mass is 543 g/mol. The zero-order valence-corrected chi connectivity index (χ0v) is 23.7. The van der Waals surface area contributed by atoms with Crippen LogP contribution in [0, 0.1) is 11.6 Å². The number of rotatable bonds is 10. The zero-order chi connectivity index (χ0) is 28.7. The summed E-state index contributed by atoms with van der Waals surface area (Å²) in [4.78, 5) is 28.7. The molecule has 1 aliphatic rings. The predicted molar refractivity (Wildman–Crippen MR) is 147 cm³/mol. The summed E-state index contributed by atoms with van der Waals surface area (Å²) in [5, 5.41) is 0. The molecule has 1 heterocycles. The van der Waals surface area contributed by atoms with Crippen molar-refractivity contribution in [3.8, 4) is 11.5 Å². The minimum absolute atomic E-state index is 0.0840. The number of hydrogen-bond donors (Lipinski definition) is 0. The topological polar surface area (TPSA) is 65.1 Å². The molecule has 0 bridgehead atoms. The van der Waals surface area contributed by atoms with Gasteiger partial charge in [0.05, 0.1) is 20.3 Å². The Morgan fingerprint density at radius 2 is 1.74 bits per heavy atom. The van der Waals surface area contributed by atoms with Gasteiger partial charge in [0.15, 0.2) is 5.78 Å². The Kier molecular flexibility index (Phi) is 10.1. The van der Waals surface area contributed by atoms with Crippen molar-refractivity contribution in [3.05, 3.63) is 64.7 Å². The maximum atomic E-state index is 14.2. The van der Waals surface area contributed by atoms with Crippen molar-refractivity contribution in [2.45, 2.75) is 83.9 Å². The molecule has 2 aromatic rings. The molecule has 0 N–H and O–H groups in total. The third-order valence-electron chi connectivity index (χ3n) is 6.77. The van der Waals surface area contributed by atoms with Crippen LogP contribution in [-0.4, -0.2) is 42.6 Å². The smallest absolute Gasteiger partial charge is 0.411 e. The summed E-state index contributed by atoms with van der Waals surface area (Å²) in [5.41, 5.74) is 0.946. The standard InChI is InChI=1S/C31H39F2NO5/c1-7-8-9-10-22-18-24-27(37-5)15-16-28(38-6)29(24)26(34(22)30(36)39-31(2,3)4)19-23(35)14-12-20-11-13-21(32)17-25(20)33/h11-17,22,26H,7-10,18-19H2,1-6H3/t22-,26+/m0/s1. The average molecular weight is 544 g/mol. The van der Waals surface area contributed by atoms with Crippen molar-refractivity contribution in [2.24, 2.45) is 0 Å². The Morgan fingerprint density at radius 1 is 1.05 bits per heavy atom. The van der Waals surface area contributed by atoms with Crippen LogP contribution >= 0.6 is 0 Å². The zero-order valence-electron chi connectivity index (χ0n) is 23.7. The van der Waals surface area contributed by atoms with Gasteiger partial charge in [-0.3, -0.25) is 9.69 Å². The normalized spacial score (nSPS) is 17.2. The molecule has 3 rings (SSSR count). The summed E-state index contributed by atoms with van der Waals surface area (Å²) in [7, 11) is 3.14. The maximum absolute atomic E-state index is 14.2. The Bertz CT molecular complexity index is 1200. The summed E-state index contributed by atoms with van der Waals surface area (Å²) in [6.07, 6.45) is 6.19. The third-order valence-corrected chi connectivity index (χ3v) is 6.77. The molecule has 0 fully saturated rings. The molecule has 1 amide bonds. The van der Waals surface area contributed by atoms with Crippen molar-refractivity contribution >= 4 is 18.0 Å². The van der Waals surface area contributed by atoms with Gasteiger partial charge in [-0.25, -0.2) is 13.6 Å². The van der Waals surface area contributed by atoms with E-state index in [-0.39, 0.29) is 23.8 Å². The molecule has 0 aromatic heterocycles. The highest BCUT2D eigenvalue weighted by Gasteiger charge is 2.42. The largest absolute Gasteiger partial charge is 0.496 e. The van der Waals surface area contributed by atoms with Crippen LogP contribution in [0.15, 0.2) is 36.4 Å². The molecule has 1 aliphatic heterocycles. The molecule has 39 heavy (non-hydrogen) atoms. The van der Waals surface area contributed by atoms with E-state index in [9.17, 15) is 18.4 Å². The number of hydrogen-bond acceptors (Lipinski definition) is 5. The first-order valence-corrected chi connectivity index (χ1v) is 13.4. The number of unbranched alkanes of at least 4 members (excludes halogenated alkanes) is 2. The van der Waals surface area contributed by atoms with E-state index in [0.29, 0.717) is 23.5 Å². The number of nitrogens with zero attached hydrogens (tertiary/aromatic N) is 1. The predicted octanol–water partition coefficient (Wildman–Crippen LogP) is 7.44. The van der Waals surface area contributed by atoms with Gasteiger partial charge in [-0.1, -0.05) is 26.2 Å². The number of ketones is 1. The fourth-order valence-corrected chi connectivity index (χ4v) is 5.04. The lowest BCUT2D eigenvalue weighted by Gasteiger charge is -2.44. The van der Waals surface area contributed by atoms with E-state index in [1.165, 1.54) is 18.2 Å². The minimum Gasteiger partial charge on any atom is -0.496 e. The van der Waals surface area contributed by atoms with Crippen LogP contribution in [0.2, 0.25) is 0 Å². The number of amides is 1. The minimum atomic E-state index is -0.764. The second-order valence-corrected chi connectivity index (χ2v) is 10.8. The van der Waals surface area contributed by atoms with Crippen LogP contribution in [0.3, 0.4) is 0 Å². The van der Waals surface area contributed by atoms with Gasteiger partial charge in [0.2, 0.25) is 0 Å². The van der Waals surface area contributed by atoms with Gasteiger partial charge in [-0.15, -0.1) is 0 Å². The fourth-order valence-electron chi connectivity index (χ4n) is 5.04. The Labute approximate surface area is 229 Å².